The Bertz CT molecular complexity index is 1160. The van der Waals surface area contributed by atoms with Crippen LogP contribution in [0.3, 0.4) is 0 Å². The van der Waals surface area contributed by atoms with Gasteiger partial charge >= 0.3 is 0 Å². The van der Waals surface area contributed by atoms with Crippen molar-refractivity contribution in [3.8, 4) is 0 Å². The van der Waals surface area contributed by atoms with E-state index >= 15 is 0 Å². The summed E-state index contributed by atoms with van der Waals surface area (Å²) in [6, 6.07) is 17.0. The molecule has 0 radical (unpaired) electrons. The van der Waals surface area contributed by atoms with E-state index in [1.165, 1.54) is 0 Å². The Morgan fingerprint density at radius 1 is 1.00 bits per heavy atom. The zero-order valence-corrected chi connectivity index (χ0v) is 13.9. The maximum Gasteiger partial charge on any atom is 0.260 e. The van der Waals surface area contributed by atoms with E-state index in [1.54, 1.807) is 17.2 Å². The lowest BCUT2D eigenvalue weighted by Crippen LogP contribution is -2.26. The molecule has 0 atom stereocenters. The van der Waals surface area contributed by atoms with E-state index in [9.17, 15) is 4.79 Å². The highest BCUT2D eigenvalue weighted by Crippen LogP contribution is 2.41. The molecule has 0 aliphatic carbocycles. The zero-order chi connectivity index (χ0) is 17.0. The van der Waals surface area contributed by atoms with Crippen molar-refractivity contribution in [2.75, 3.05) is 4.90 Å². The number of hydrogen-bond acceptors (Lipinski definition) is 3. The predicted octanol–water partition coefficient (Wildman–Crippen LogP) is 4.60. The van der Waals surface area contributed by atoms with Crippen LogP contribution in [0.1, 0.15) is 16.1 Å². The molecule has 2 aromatic heterocycles. The van der Waals surface area contributed by atoms with E-state index < -0.39 is 0 Å². The normalized spacial score (nSPS) is 13.2. The molecule has 0 unspecified atom stereocenters. The van der Waals surface area contributed by atoms with Crippen LogP contribution in [0.2, 0.25) is 5.02 Å². The van der Waals surface area contributed by atoms with Crippen molar-refractivity contribution in [2.45, 2.75) is 6.54 Å². The second kappa shape index (κ2) is 5.26. The van der Waals surface area contributed by atoms with Crippen molar-refractivity contribution in [1.82, 2.24) is 9.97 Å². The minimum Gasteiger partial charge on any atom is -0.302 e. The van der Waals surface area contributed by atoms with E-state index in [4.69, 9.17) is 16.6 Å². The molecule has 2 aromatic carbocycles. The van der Waals surface area contributed by atoms with Crippen molar-refractivity contribution in [3.63, 3.8) is 0 Å². The fraction of sp³-hybridized carbons (Fsp3) is 0.0500. The van der Waals surface area contributed by atoms with Crippen LogP contribution in [-0.4, -0.2) is 15.9 Å². The van der Waals surface area contributed by atoms with Gasteiger partial charge in [0.15, 0.2) is 0 Å². The highest BCUT2D eigenvalue weighted by atomic mass is 35.5. The number of anilines is 1. The highest BCUT2D eigenvalue weighted by molar-refractivity contribution is 6.33. The Morgan fingerprint density at radius 3 is 2.76 bits per heavy atom. The van der Waals surface area contributed by atoms with Gasteiger partial charge in [-0.25, -0.2) is 4.98 Å². The van der Waals surface area contributed by atoms with Gasteiger partial charge in [0.2, 0.25) is 0 Å². The smallest absolute Gasteiger partial charge is 0.260 e. The van der Waals surface area contributed by atoms with Crippen LogP contribution in [0.15, 0.2) is 60.8 Å². The third kappa shape index (κ3) is 2.11. The van der Waals surface area contributed by atoms with E-state index in [2.05, 4.69) is 4.98 Å². The first-order valence-electron chi connectivity index (χ1n) is 7.96. The SMILES string of the molecule is O=C1c2c3cc(Cl)ccc3nc3cccc(c23)N1Cc1ccccn1. The minimum absolute atomic E-state index is 0.0356. The monoisotopic (exact) mass is 345 g/mol. The van der Waals surface area contributed by atoms with Gasteiger partial charge in [-0.15, -0.1) is 0 Å². The number of carbonyl (C=O) groups excluding carboxylic acids is 1. The highest BCUT2D eigenvalue weighted by Gasteiger charge is 2.32. The Kier molecular flexibility index (Phi) is 3.02. The Morgan fingerprint density at radius 2 is 1.92 bits per heavy atom. The molecule has 0 fully saturated rings. The molecule has 0 saturated heterocycles. The van der Waals surface area contributed by atoms with Gasteiger partial charge in [0, 0.05) is 22.0 Å². The Hall–Kier alpha value is -2.98. The second-order valence-electron chi connectivity index (χ2n) is 6.03. The summed E-state index contributed by atoms with van der Waals surface area (Å²) in [7, 11) is 0. The number of hydrogen-bond donors (Lipinski definition) is 0. The van der Waals surface area contributed by atoms with Gasteiger partial charge in [0.05, 0.1) is 34.5 Å². The van der Waals surface area contributed by atoms with Crippen molar-refractivity contribution in [2.24, 2.45) is 0 Å². The Labute approximate surface area is 148 Å². The molecule has 0 spiro atoms. The molecule has 0 bridgehead atoms. The van der Waals surface area contributed by atoms with Crippen LogP contribution in [0, 0.1) is 0 Å². The van der Waals surface area contributed by atoms with Crippen LogP contribution >= 0.6 is 11.6 Å². The van der Waals surface area contributed by atoms with Crippen LogP contribution in [0.5, 0.6) is 0 Å². The van der Waals surface area contributed by atoms with Crippen LogP contribution in [0.4, 0.5) is 5.69 Å². The second-order valence-corrected chi connectivity index (χ2v) is 6.47. The molecular weight excluding hydrogens is 334 g/mol. The standard InChI is InChI=1S/C20H12ClN3O/c21-12-7-8-15-14(10-12)18-19-16(23-15)5-3-6-17(19)24(20(18)25)11-13-4-1-2-9-22-13/h1-10H,11H2. The zero-order valence-electron chi connectivity index (χ0n) is 13.1. The summed E-state index contributed by atoms with van der Waals surface area (Å²) < 4.78 is 0. The first kappa shape index (κ1) is 14.4. The van der Waals surface area contributed by atoms with Crippen LogP contribution in [-0.2, 0) is 6.54 Å². The summed E-state index contributed by atoms with van der Waals surface area (Å²) in [5.41, 5.74) is 3.98. The summed E-state index contributed by atoms with van der Waals surface area (Å²) in [6.45, 7) is 0.426. The maximum atomic E-state index is 13.2. The largest absolute Gasteiger partial charge is 0.302 e. The fourth-order valence-corrected chi connectivity index (χ4v) is 3.62. The van der Waals surface area contributed by atoms with E-state index in [0.29, 0.717) is 17.1 Å². The van der Waals surface area contributed by atoms with Crippen molar-refractivity contribution >= 4 is 45.0 Å². The third-order valence-corrected chi connectivity index (χ3v) is 4.77. The molecular formula is C20H12ClN3O. The van der Waals surface area contributed by atoms with Gasteiger partial charge in [-0.3, -0.25) is 9.78 Å². The van der Waals surface area contributed by atoms with Crippen LogP contribution in [0.25, 0.3) is 21.8 Å². The van der Waals surface area contributed by atoms with E-state index in [-0.39, 0.29) is 5.91 Å². The number of nitrogens with zero attached hydrogens (tertiary/aromatic N) is 3. The van der Waals surface area contributed by atoms with Crippen molar-refractivity contribution in [3.05, 3.63) is 77.1 Å². The number of rotatable bonds is 2. The average Bonchev–Trinajstić information content (AvgIpc) is 2.91. The molecule has 1 aliphatic heterocycles. The maximum absolute atomic E-state index is 13.2. The third-order valence-electron chi connectivity index (χ3n) is 4.54. The lowest BCUT2D eigenvalue weighted by molar-refractivity contribution is 0.0992. The fourth-order valence-electron chi connectivity index (χ4n) is 3.45. The average molecular weight is 346 g/mol. The number of halogens is 1. The van der Waals surface area contributed by atoms with E-state index in [1.807, 2.05) is 48.5 Å². The van der Waals surface area contributed by atoms with Gasteiger partial charge in [-0.2, -0.15) is 0 Å². The summed E-state index contributed by atoms with van der Waals surface area (Å²) in [6.07, 6.45) is 1.74. The van der Waals surface area contributed by atoms with Gasteiger partial charge in [0.1, 0.15) is 0 Å². The minimum atomic E-state index is -0.0356. The first-order chi connectivity index (χ1) is 12.2. The molecule has 4 nitrogen and oxygen atoms in total. The van der Waals surface area contributed by atoms with Crippen molar-refractivity contribution < 1.29 is 4.79 Å². The molecule has 1 aliphatic rings. The summed E-state index contributed by atoms with van der Waals surface area (Å²) >= 11 is 6.17. The number of aromatic nitrogens is 2. The predicted molar refractivity (Wildman–Crippen MR) is 99.0 cm³/mol. The Balaban J connectivity index is 1.77. The molecule has 5 rings (SSSR count). The first-order valence-corrected chi connectivity index (χ1v) is 8.34. The quantitative estimate of drug-likeness (QED) is 0.499. The number of fused-ring (bicyclic) bond motifs is 2. The van der Waals surface area contributed by atoms with Gasteiger partial charge < -0.3 is 4.90 Å². The molecule has 25 heavy (non-hydrogen) atoms. The number of pyridine rings is 2. The van der Waals surface area contributed by atoms with E-state index in [0.717, 1.165) is 33.2 Å². The topological polar surface area (TPSA) is 46.1 Å². The molecule has 4 aromatic rings. The van der Waals surface area contributed by atoms with Crippen molar-refractivity contribution in [1.29, 1.82) is 0 Å². The molecule has 5 heteroatoms. The molecule has 0 N–H and O–H groups in total. The molecule has 3 heterocycles. The lowest BCUT2D eigenvalue weighted by Gasteiger charge is -2.17. The lowest BCUT2D eigenvalue weighted by atomic mass is 10.0. The van der Waals surface area contributed by atoms with Gasteiger partial charge in [-0.05, 0) is 42.5 Å². The summed E-state index contributed by atoms with van der Waals surface area (Å²) in [5, 5.41) is 2.28. The number of benzene rings is 2. The van der Waals surface area contributed by atoms with Gasteiger partial charge in [-0.1, -0.05) is 23.7 Å². The summed E-state index contributed by atoms with van der Waals surface area (Å²) in [5.74, 6) is -0.0356. The molecule has 0 saturated carbocycles. The van der Waals surface area contributed by atoms with Gasteiger partial charge in [0.25, 0.3) is 5.91 Å². The number of amides is 1. The molecule has 120 valence electrons. The van der Waals surface area contributed by atoms with Crippen LogP contribution < -0.4 is 4.90 Å². The summed E-state index contributed by atoms with van der Waals surface area (Å²) in [4.78, 5) is 24.1. The molecule has 1 amide bonds. The number of carbonyl (C=O) groups is 1.